The summed E-state index contributed by atoms with van der Waals surface area (Å²) in [6.45, 7) is 0. The number of amides is 2. The topological polar surface area (TPSA) is 97.1 Å². The SMILES string of the molecule is CN.CNC(=O)[C@H](Cc1ccncc1)N[C-]=O.[CH3-].[Na+]. The molecular formula is C12H20N4NaO2-. The quantitative estimate of drug-likeness (QED) is 0.294. The third kappa shape index (κ3) is 9.61. The normalized spacial score (nSPS) is 9.42. The van der Waals surface area contributed by atoms with Crippen molar-refractivity contribution in [1.29, 1.82) is 0 Å². The molecule has 1 aromatic rings. The molecule has 0 aliphatic rings. The number of nitrogens with two attached hydrogens (primary N) is 1. The Morgan fingerprint density at radius 1 is 1.42 bits per heavy atom. The van der Waals surface area contributed by atoms with Crippen LogP contribution in [0.2, 0.25) is 0 Å². The van der Waals surface area contributed by atoms with Crippen molar-refractivity contribution in [3.8, 4) is 0 Å². The summed E-state index contributed by atoms with van der Waals surface area (Å²) in [7, 11) is 3.02. The monoisotopic (exact) mass is 275 g/mol. The van der Waals surface area contributed by atoms with Crippen LogP contribution in [0.1, 0.15) is 5.56 Å². The number of hydrogen-bond donors (Lipinski definition) is 3. The summed E-state index contributed by atoms with van der Waals surface area (Å²) in [5.74, 6) is -0.241. The maximum atomic E-state index is 11.3. The Morgan fingerprint density at radius 3 is 2.37 bits per heavy atom. The molecule has 1 atom stereocenters. The largest absolute Gasteiger partial charge is 1.00 e. The molecule has 7 heteroatoms. The summed E-state index contributed by atoms with van der Waals surface area (Å²) >= 11 is 0. The molecule has 0 aromatic carbocycles. The van der Waals surface area contributed by atoms with E-state index in [0.717, 1.165) is 5.56 Å². The molecule has 0 spiro atoms. The molecule has 0 saturated carbocycles. The van der Waals surface area contributed by atoms with E-state index in [1.165, 1.54) is 20.5 Å². The first-order valence-electron chi connectivity index (χ1n) is 5.09. The van der Waals surface area contributed by atoms with E-state index in [1.54, 1.807) is 24.5 Å². The minimum Gasteiger partial charge on any atom is -0.520 e. The van der Waals surface area contributed by atoms with E-state index < -0.39 is 6.04 Å². The Labute approximate surface area is 136 Å². The molecule has 19 heavy (non-hydrogen) atoms. The number of rotatable bonds is 5. The van der Waals surface area contributed by atoms with Gasteiger partial charge in [-0.3, -0.25) is 9.78 Å². The van der Waals surface area contributed by atoms with E-state index in [-0.39, 0.29) is 42.9 Å². The average molecular weight is 275 g/mol. The van der Waals surface area contributed by atoms with E-state index in [1.807, 2.05) is 0 Å². The van der Waals surface area contributed by atoms with Crippen LogP contribution in [0.25, 0.3) is 0 Å². The van der Waals surface area contributed by atoms with Gasteiger partial charge in [-0.25, -0.2) is 0 Å². The molecule has 1 heterocycles. The van der Waals surface area contributed by atoms with Crippen LogP contribution in [0.3, 0.4) is 0 Å². The smallest absolute Gasteiger partial charge is 0.520 e. The van der Waals surface area contributed by atoms with Crippen molar-refractivity contribution in [1.82, 2.24) is 15.6 Å². The third-order valence-electron chi connectivity index (χ3n) is 1.99. The number of aromatic nitrogens is 1. The fourth-order valence-electron chi connectivity index (χ4n) is 1.21. The molecule has 4 N–H and O–H groups in total. The number of pyridine rings is 1. The van der Waals surface area contributed by atoms with Gasteiger partial charge in [-0.05, 0) is 31.2 Å². The summed E-state index contributed by atoms with van der Waals surface area (Å²) in [5.41, 5.74) is 5.43. The van der Waals surface area contributed by atoms with Crippen LogP contribution in [-0.4, -0.2) is 37.4 Å². The van der Waals surface area contributed by atoms with Crippen molar-refractivity contribution in [3.05, 3.63) is 37.5 Å². The summed E-state index contributed by atoms with van der Waals surface area (Å²) in [6, 6.07) is 3.00. The predicted molar refractivity (Wildman–Crippen MR) is 71.2 cm³/mol. The van der Waals surface area contributed by atoms with E-state index in [0.29, 0.717) is 6.42 Å². The van der Waals surface area contributed by atoms with Gasteiger partial charge in [-0.15, -0.1) is 0 Å². The molecule has 102 valence electrons. The minimum absolute atomic E-state index is 0. The molecule has 6 nitrogen and oxygen atoms in total. The number of carbonyl (C=O) groups excluding carboxylic acids is 2. The van der Waals surface area contributed by atoms with Crippen molar-refractivity contribution in [2.45, 2.75) is 12.5 Å². The summed E-state index contributed by atoms with van der Waals surface area (Å²) in [6.07, 6.45) is 5.23. The standard InChI is InChI=1S/C10H12N3O2.CH5N.CH3.Na/c1-11-10(15)9(13-7-14)6-8-2-4-12-5-3-8;1-2;;/h2-5,9H,6H2,1H3,(H,11,15)(H,13,14);2H2,1H3;1H3;/q-1;;-1;+1/t9-;;;/m0.../s1. The van der Waals surface area contributed by atoms with Crippen molar-refractivity contribution < 1.29 is 39.1 Å². The van der Waals surface area contributed by atoms with Gasteiger partial charge in [-0.1, -0.05) is 0 Å². The number of nitrogens with one attached hydrogen (secondary N) is 2. The minimum atomic E-state index is -0.588. The second-order valence-corrected chi connectivity index (χ2v) is 2.97. The van der Waals surface area contributed by atoms with Crippen LogP contribution >= 0.6 is 0 Å². The Morgan fingerprint density at radius 2 is 1.95 bits per heavy atom. The van der Waals surface area contributed by atoms with Crippen molar-refractivity contribution in [2.24, 2.45) is 5.73 Å². The molecule has 0 unspecified atom stereocenters. The molecule has 0 aliphatic heterocycles. The fraction of sp³-hybridized carbons (Fsp3) is 0.333. The zero-order valence-electron chi connectivity index (χ0n) is 11.9. The molecule has 0 saturated heterocycles. The summed E-state index contributed by atoms with van der Waals surface area (Å²) < 4.78 is 0. The number of carbonyl (C=O) groups is 1. The van der Waals surface area contributed by atoms with E-state index in [9.17, 15) is 9.59 Å². The van der Waals surface area contributed by atoms with Crippen LogP contribution in [0.15, 0.2) is 24.5 Å². The summed E-state index contributed by atoms with van der Waals surface area (Å²) in [4.78, 5) is 25.4. The summed E-state index contributed by atoms with van der Waals surface area (Å²) in [5, 5.41) is 4.82. The first kappa shape index (κ1) is 23.2. The van der Waals surface area contributed by atoms with Gasteiger partial charge < -0.3 is 28.6 Å². The number of hydrogen-bond acceptors (Lipinski definition) is 4. The maximum Gasteiger partial charge on any atom is 1.00 e. The second kappa shape index (κ2) is 15.1. The molecule has 1 rings (SSSR count). The third-order valence-corrected chi connectivity index (χ3v) is 1.99. The van der Waals surface area contributed by atoms with E-state index in [2.05, 4.69) is 21.4 Å². The first-order chi connectivity index (χ1) is 8.27. The number of likely N-dealkylation sites (N-methyl/N-ethyl adjacent to an activating group) is 1. The molecular weight excluding hydrogens is 255 g/mol. The molecule has 0 aliphatic carbocycles. The zero-order valence-corrected chi connectivity index (χ0v) is 13.9. The first-order valence-corrected chi connectivity index (χ1v) is 5.09. The second-order valence-electron chi connectivity index (χ2n) is 2.97. The number of nitrogens with zero attached hydrogens (tertiary/aromatic N) is 1. The van der Waals surface area contributed by atoms with Gasteiger partial charge in [0, 0.05) is 19.4 Å². The van der Waals surface area contributed by atoms with Gasteiger partial charge in [0.05, 0.1) is 6.04 Å². The average Bonchev–Trinajstić information content (AvgIpc) is 2.41. The van der Waals surface area contributed by atoms with Gasteiger partial charge >= 0.3 is 29.6 Å². The van der Waals surface area contributed by atoms with Gasteiger partial charge in [0.15, 0.2) is 0 Å². The van der Waals surface area contributed by atoms with Crippen molar-refractivity contribution in [3.63, 3.8) is 0 Å². The molecule has 0 fully saturated rings. The van der Waals surface area contributed by atoms with Crippen LogP contribution in [0.4, 0.5) is 0 Å². The maximum absolute atomic E-state index is 11.3. The molecule has 0 bridgehead atoms. The van der Waals surface area contributed by atoms with Crippen molar-refractivity contribution >= 4 is 12.3 Å². The van der Waals surface area contributed by atoms with Crippen molar-refractivity contribution in [2.75, 3.05) is 14.1 Å². The Kier molecular flexibility index (Phi) is 18.4. The molecule has 0 radical (unpaired) electrons. The van der Waals surface area contributed by atoms with Crippen LogP contribution in [0.5, 0.6) is 0 Å². The zero-order chi connectivity index (χ0) is 13.1. The van der Waals surface area contributed by atoms with E-state index in [4.69, 9.17) is 0 Å². The van der Waals surface area contributed by atoms with E-state index >= 15 is 0 Å². The Hall–Kier alpha value is -0.950. The van der Waals surface area contributed by atoms with Crippen LogP contribution in [0, 0.1) is 7.43 Å². The molecule has 1 aromatic heterocycles. The fourth-order valence-corrected chi connectivity index (χ4v) is 1.21. The Bertz CT molecular complexity index is 336. The van der Waals surface area contributed by atoms with Gasteiger partial charge in [0.2, 0.25) is 5.91 Å². The molecule has 2 amide bonds. The van der Waals surface area contributed by atoms with Crippen LogP contribution < -0.4 is 45.9 Å². The van der Waals surface area contributed by atoms with Gasteiger partial charge in [0.1, 0.15) is 0 Å². The Balaban J connectivity index is -0.000000609. The van der Waals surface area contributed by atoms with Gasteiger partial charge in [-0.2, -0.15) is 6.41 Å². The van der Waals surface area contributed by atoms with Crippen LogP contribution in [-0.2, 0) is 16.0 Å². The predicted octanol–water partition coefficient (Wildman–Crippen LogP) is -3.58. The van der Waals surface area contributed by atoms with Gasteiger partial charge in [0.25, 0.3) is 0 Å².